The van der Waals surface area contributed by atoms with Crippen LogP contribution in [0, 0.1) is 0 Å². The molecule has 0 bridgehead atoms. The molecule has 0 fully saturated rings. The Morgan fingerprint density at radius 2 is 1.84 bits per heavy atom. The van der Waals surface area contributed by atoms with Crippen molar-refractivity contribution in [2.45, 2.75) is 13.0 Å². The molecule has 1 atom stereocenters. The highest BCUT2D eigenvalue weighted by Gasteiger charge is 2.13. The number of anilines is 1. The summed E-state index contributed by atoms with van der Waals surface area (Å²) >= 11 is 0. The summed E-state index contributed by atoms with van der Waals surface area (Å²) in [5.41, 5.74) is 7.31. The van der Waals surface area contributed by atoms with E-state index >= 15 is 0 Å². The van der Waals surface area contributed by atoms with Gasteiger partial charge in [-0.25, -0.2) is 0 Å². The Morgan fingerprint density at radius 1 is 0.968 bits per heavy atom. The Balaban J connectivity index is 1.59. The molecule has 0 saturated carbocycles. The second-order valence-electron chi connectivity index (χ2n) is 7.79. The highest BCUT2D eigenvalue weighted by atomic mass is 16.5. The summed E-state index contributed by atoms with van der Waals surface area (Å²) in [6.07, 6.45) is 5.57. The van der Waals surface area contributed by atoms with Gasteiger partial charge in [0.2, 0.25) is 0 Å². The Kier molecular flexibility index (Phi) is 4.79. The zero-order chi connectivity index (χ0) is 21.4. The van der Waals surface area contributed by atoms with Gasteiger partial charge in [-0.3, -0.25) is 9.97 Å². The van der Waals surface area contributed by atoms with Crippen molar-refractivity contribution in [3.05, 3.63) is 84.8 Å². The highest BCUT2D eigenvalue weighted by molar-refractivity contribution is 5.97. The lowest BCUT2D eigenvalue weighted by molar-refractivity contribution is 0.414. The summed E-state index contributed by atoms with van der Waals surface area (Å²) in [6, 6.07) is 21.1. The molecule has 5 aromatic rings. The fourth-order valence-corrected chi connectivity index (χ4v) is 4.05. The van der Waals surface area contributed by atoms with Crippen LogP contribution in [0.15, 0.2) is 79.3 Å². The third-order valence-electron chi connectivity index (χ3n) is 5.75. The van der Waals surface area contributed by atoms with E-state index in [4.69, 9.17) is 4.74 Å². The van der Waals surface area contributed by atoms with Gasteiger partial charge in [0.1, 0.15) is 5.75 Å². The largest absolute Gasteiger partial charge is 0.497 e. The van der Waals surface area contributed by atoms with Crippen molar-refractivity contribution in [1.29, 1.82) is 0 Å². The molecule has 5 heteroatoms. The Bertz CT molecular complexity index is 1390. The van der Waals surface area contributed by atoms with Gasteiger partial charge >= 0.3 is 0 Å². The first-order valence-electron chi connectivity index (χ1n) is 10.3. The van der Waals surface area contributed by atoms with E-state index in [1.807, 2.05) is 12.1 Å². The third-order valence-corrected chi connectivity index (χ3v) is 5.75. The Hall–Kier alpha value is -3.86. The second-order valence-corrected chi connectivity index (χ2v) is 7.79. The number of aryl methyl sites for hydroxylation is 1. The molecule has 3 aromatic carbocycles. The van der Waals surface area contributed by atoms with Crippen LogP contribution in [0.3, 0.4) is 0 Å². The molecule has 154 valence electrons. The van der Waals surface area contributed by atoms with Gasteiger partial charge in [0.15, 0.2) is 0 Å². The normalized spacial score (nSPS) is 12.2. The van der Waals surface area contributed by atoms with Gasteiger partial charge in [-0.05, 0) is 59.8 Å². The molecule has 2 heterocycles. The number of hydrogen-bond donors (Lipinski definition) is 1. The van der Waals surface area contributed by atoms with E-state index in [0.29, 0.717) is 0 Å². The number of nitrogens with zero attached hydrogens (tertiary/aromatic N) is 3. The molecule has 2 aromatic heterocycles. The summed E-state index contributed by atoms with van der Waals surface area (Å²) in [4.78, 5) is 9.21. The first kappa shape index (κ1) is 19.1. The SMILES string of the molecule is COc1cccc(C(C)Nc2cc(-c3ccc4ccn(C)c4c3)c3nccnc3c2)c1. The van der Waals surface area contributed by atoms with E-state index in [1.54, 1.807) is 19.5 Å². The Morgan fingerprint density at radius 3 is 2.71 bits per heavy atom. The van der Waals surface area contributed by atoms with Crippen molar-refractivity contribution in [3.63, 3.8) is 0 Å². The number of methoxy groups -OCH3 is 1. The van der Waals surface area contributed by atoms with Crippen LogP contribution in [-0.4, -0.2) is 21.6 Å². The van der Waals surface area contributed by atoms with Crippen LogP contribution >= 0.6 is 0 Å². The number of ether oxygens (including phenoxy) is 1. The second kappa shape index (κ2) is 7.76. The van der Waals surface area contributed by atoms with E-state index in [2.05, 4.69) is 88.6 Å². The number of benzene rings is 3. The topological polar surface area (TPSA) is 52.0 Å². The minimum absolute atomic E-state index is 0.104. The van der Waals surface area contributed by atoms with Gasteiger partial charge in [-0.2, -0.15) is 0 Å². The fraction of sp³-hybridized carbons (Fsp3) is 0.154. The fourth-order valence-electron chi connectivity index (χ4n) is 4.05. The molecule has 1 unspecified atom stereocenters. The molecule has 5 rings (SSSR count). The van der Waals surface area contributed by atoms with Crippen molar-refractivity contribution in [3.8, 4) is 16.9 Å². The summed E-state index contributed by atoms with van der Waals surface area (Å²) in [6.45, 7) is 2.14. The number of rotatable bonds is 5. The quantitative estimate of drug-likeness (QED) is 0.389. The van der Waals surface area contributed by atoms with Crippen LogP contribution in [-0.2, 0) is 7.05 Å². The zero-order valence-corrected chi connectivity index (χ0v) is 17.8. The smallest absolute Gasteiger partial charge is 0.119 e. The van der Waals surface area contributed by atoms with Crippen LogP contribution in [0.2, 0.25) is 0 Å². The van der Waals surface area contributed by atoms with Crippen LogP contribution in [0.4, 0.5) is 5.69 Å². The third kappa shape index (κ3) is 3.59. The molecular formula is C26H24N4O. The average Bonchev–Trinajstić information content (AvgIpc) is 3.18. The monoisotopic (exact) mass is 408 g/mol. The van der Waals surface area contributed by atoms with Gasteiger partial charge < -0.3 is 14.6 Å². The molecule has 0 amide bonds. The molecule has 0 aliphatic heterocycles. The predicted octanol–water partition coefficient (Wildman–Crippen LogP) is 5.97. The number of hydrogen-bond acceptors (Lipinski definition) is 4. The molecule has 0 spiro atoms. The number of nitrogens with one attached hydrogen (secondary N) is 1. The number of fused-ring (bicyclic) bond motifs is 2. The zero-order valence-electron chi connectivity index (χ0n) is 17.8. The van der Waals surface area contributed by atoms with Crippen molar-refractivity contribution in [1.82, 2.24) is 14.5 Å². The van der Waals surface area contributed by atoms with Gasteiger partial charge in [0, 0.05) is 48.4 Å². The van der Waals surface area contributed by atoms with Crippen molar-refractivity contribution < 1.29 is 4.74 Å². The molecular weight excluding hydrogens is 384 g/mol. The minimum atomic E-state index is 0.104. The lowest BCUT2D eigenvalue weighted by Crippen LogP contribution is -2.07. The van der Waals surface area contributed by atoms with Gasteiger partial charge in [-0.15, -0.1) is 0 Å². The van der Waals surface area contributed by atoms with Crippen molar-refractivity contribution >= 4 is 27.6 Å². The van der Waals surface area contributed by atoms with E-state index in [0.717, 1.165) is 39.2 Å². The summed E-state index contributed by atoms with van der Waals surface area (Å²) in [5, 5.41) is 4.85. The van der Waals surface area contributed by atoms with Crippen LogP contribution in [0.5, 0.6) is 5.75 Å². The molecule has 1 N–H and O–H groups in total. The predicted molar refractivity (Wildman–Crippen MR) is 126 cm³/mol. The summed E-state index contributed by atoms with van der Waals surface area (Å²) < 4.78 is 7.52. The molecule has 0 radical (unpaired) electrons. The van der Waals surface area contributed by atoms with E-state index < -0.39 is 0 Å². The maximum Gasteiger partial charge on any atom is 0.119 e. The van der Waals surface area contributed by atoms with E-state index in [9.17, 15) is 0 Å². The van der Waals surface area contributed by atoms with E-state index in [1.165, 1.54) is 10.9 Å². The molecule has 0 aliphatic rings. The van der Waals surface area contributed by atoms with Gasteiger partial charge in [0.25, 0.3) is 0 Å². The Labute approximate surface area is 181 Å². The highest BCUT2D eigenvalue weighted by Crippen LogP contribution is 2.33. The standard InChI is InChI=1S/C26H24N4O/c1-17(19-5-4-6-22(13-19)31-3)29-21-15-23(26-24(16-21)27-10-11-28-26)20-8-7-18-9-12-30(2)25(18)14-20/h4-17,29H,1-3H3. The van der Waals surface area contributed by atoms with Crippen LogP contribution in [0.25, 0.3) is 33.1 Å². The molecule has 0 saturated heterocycles. The minimum Gasteiger partial charge on any atom is -0.497 e. The molecule has 31 heavy (non-hydrogen) atoms. The van der Waals surface area contributed by atoms with Crippen molar-refractivity contribution in [2.24, 2.45) is 7.05 Å². The first-order valence-corrected chi connectivity index (χ1v) is 10.3. The first-order chi connectivity index (χ1) is 15.1. The lowest BCUT2D eigenvalue weighted by Gasteiger charge is -2.18. The van der Waals surface area contributed by atoms with Crippen LogP contribution in [0.1, 0.15) is 18.5 Å². The van der Waals surface area contributed by atoms with Crippen molar-refractivity contribution in [2.75, 3.05) is 12.4 Å². The van der Waals surface area contributed by atoms with Gasteiger partial charge in [0.05, 0.1) is 18.1 Å². The number of aromatic nitrogens is 3. The maximum absolute atomic E-state index is 5.38. The average molecular weight is 409 g/mol. The summed E-state index contributed by atoms with van der Waals surface area (Å²) in [5.74, 6) is 0.854. The summed E-state index contributed by atoms with van der Waals surface area (Å²) in [7, 11) is 3.76. The maximum atomic E-state index is 5.38. The van der Waals surface area contributed by atoms with E-state index in [-0.39, 0.29) is 6.04 Å². The van der Waals surface area contributed by atoms with Gasteiger partial charge in [-0.1, -0.05) is 24.3 Å². The molecule has 0 aliphatic carbocycles. The molecule has 5 nitrogen and oxygen atoms in total. The lowest BCUT2D eigenvalue weighted by atomic mass is 10.0. The van der Waals surface area contributed by atoms with Crippen LogP contribution < -0.4 is 10.1 Å².